The maximum absolute atomic E-state index is 5.46. The van der Waals surface area contributed by atoms with Gasteiger partial charge in [-0.3, -0.25) is 0 Å². The third kappa shape index (κ3) is 1.63. The Morgan fingerprint density at radius 1 is 1.11 bits per heavy atom. The first-order valence-corrected chi connectivity index (χ1v) is 3.63. The Balaban J connectivity index is 2.74. The molecule has 0 unspecified atom stereocenters. The molecular formula is C6H6Cl2O. The van der Waals surface area contributed by atoms with Crippen LogP contribution in [-0.4, -0.2) is 0 Å². The average Bonchev–Trinajstić information content (AvgIpc) is 2.34. The van der Waals surface area contributed by atoms with Gasteiger partial charge in [0.05, 0.1) is 11.8 Å². The molecular weight excluding hydrogens is 159 g/mol. The van der Waals surface area contributed by atoms with E-state index in [1.807, 2.05) is 12.1 Å². The molecule has 0 aliphatic rings. The zero-order chi connectivity index (χ0) is 6.69. The van der Waals surface area contributed by atoms with E-state index in [2.05, 4.69) is 0 Å². The van der Waals surface area contributed by atoms with Crippen molar-refractivity contribution >= 4 is 23.2 Å². The fourth-order valence-electron chi connectivity index (χ4n) is 0.566. The van der Waals surface area contributed by atoms with Crippen LogP contribution >= 0.6 is 23.2 Å². The predicted molar refractivity (Wildman–Crippen MR) is 37.8 cm³/mol. The van der Waals surface area contributed by atoms with Crippen LogP contribution in [-0.2, 0) is 11.8 Å². The molecule has 0 spiro atoms. The SMILES string of the molecule is ClCc1ccc(CCl)o1. The summed E-state index contributed by atoms with van der Waals surface area (Å²) in [6, 6.07) is 3.65. The fraction of sp³-hybridized carbons (Fsp3) is 0.333. The summed E-state index contributed by atoms with van der Waals surface area (Å²) < 4.78 is 5.12. The van der Waals surface area contributed by atoms with Gasteiger partial charge in [0, 0.05) is 0 Å². The number of halogens is 2. The zero-order valence-electron chi connectivity index (χ0n) is 4.73. The van der Waals surface area contributed by atoms with Crippen molar-refractivity contribution in [3.8, 4) is 0 Å². The highest BCUT2D eigenvalue weighted by Crippen LogP contribution is 2.11. The van der Waals surface area contributed by atoms with Crippen LogP contribution in [0.1, 0.15) is 11.5 Å². The molecule has 1 aromatic rings. The second-order valence-electron chi connectivity index (χ2n) is 1.64. The fourth-order valence-corrected chi connectivity index (χ4v) is 0.853. The monoisotopic (exact) mass is 164 g/mol. The molecule has 0 fully saturated rings. The van der Waals surface area contributed by atoms with E-state index in [-0.39, 0.29) is 0 Å². The van der Waals surface area contributed by atoms with Crippen molar-refractivity contribution in [2.75, 3.05) is 0 Å². The highest BCUT2D eigenvalue weighted by molar-refractivity contribution is 6.17. The van der Waals surface area contributed by atoms with Gasteiger partial charge in [0.15, 0.2) is 0 Å². The van der Waals surface area contributed by atoms with Gasteiger partial charge >= 0.3 is 0 Å². The summed E-state index contributed by atoms with van der Waals surface area (Å²) >= 11 is 10.9. The summed E-state index contributed by atoms with van der Waals surface area (Å²) in [6.07, 6.45) is 0. The van der Waals surface area contributed by atoms with Gasteiger partial charge in [-0.15, -0.1) is 23.2 Å². The van der Waals surface area contributed by atoms with Gasteiger partial charge < -0.3 is 4.42 Å². The van der Waals surface area contributed by atoms with Crippen molar-refractivity contribution < 1.29 is 4.42 Å². The van der Waals surface area contributed by atoms with Gasteiger partial charge in [-0.05, 0) is 12.1 Å². The zero-order valence-corrected chi connectivity index (χ0v) is 6.24. The molecule has 1 nitrogen and oxygen atoms in total. The van der Waals surface area contributed by atoms with E-state index in [0.717, 1.165) is 11.5 Å². The number of hydrogen-bond donors (Lipinski definition) is 0. The average molecular weight is 165 g/mol. The molecule has 0 amide bonds. The van der Waals surface area contributed by atoms with Crippen LogP contribution in [0.3, 0.4) is 0 Å². The largest absolute Gasteiger partial charge is 0.464 e. The smallest absolute Gasteiger partial charge is 0.118 e. The summed E-state index contributed by atoms with van der Waals surface area (Å²) in [5, 5.41) is 0. The molecule has 1 rings (SSSR count). The van der Waals surface area contributed by atoms with Crippen LogP contribution in [0.25, 0.3) is 0 Å². The van der Waals surface area contributed by atoms with Crippen molar-refractivity contribution in [3.05, 3.63) is 23.7 Å². The van der Waals surface area contributed by atoms with Crippen molar-refractivity contribution in [3.63, 3.8) is 0 Å². The third-order valence-electron chi connectivity index (χ3n) is 0.981. The maximum Gasteiger partial charge on any atom is 0.118 e. The molecule has 0 aliphatic heterocycles. The lowest BCUT2D eigenvalue weighted by atomic mass is 10.5. The van der Waals surface area contributed by atoms with E-state index in [1.165, 1.54) is 0 Å². The molecule has 3 heteroatoms. The van der Waals surface area contributed by atoms with Crippen LogP contribution in [0.5, 0.6) is 0 Å². The molecule has 50 valence electrons. The van der Waals surface area contributed by atoms with E-state index >= 15 is 0 Å². The normalized spacial score (nSPS) is 10.0. The van der Waals surface area contributed by atoms with Crippen LogP contribution in [0, 0.1) is 0 Å². The quantitative estimate of drug-likeness (QED) is 0.614. The van der Waals surface area contributed by atoms with Crippen molar-refractivity contribution in [1.29, 1.82) is 0 Å². The minimum absolute atomic E-state index is 0.414. The molecule has 0 atom stereocenters. The highest BCUT2D eigenvalue weighted by atomic mass is 35.5. The van der Waals surface area contributed by atoms with Gasteiger partial charge in [0.25, 0.3) is 0 Å². The molecule has 9 heavy (non-hydrogen) atoms. The number of furan rings is 1. The molecule has 0 radical (unpaired) electrons. The minimum Gasteiger partial charge on any atom is -0.464 e. The van der Waals surface area contributed by atoms with Crippen molar-refractivity contribution in [1.82, 2.24) is 0 Å². The number of alkyl halides is 2. The van der Waals surface area contributed by atoms with E-state index in [1.54, 1.807) is 0 Å². The summed E-state index contributed by atoms with van der Waals surface area (Å²) in [4.78, 5) is 0. The third-order valence-corrected chi connectivity index (χ3v) is 1.51. The van der Waals surface area contributed by atoms with Crippen LogP contribution < -0.4 is 0 Å². The van der Waals surface area contributed by atoms with Crippen LogP contribution in [0.15, 0.2) is 16.5 Å². The molecule has 0 saturated carbocycles. The highest BCUT2D eigenvalue weighted by Gasteiger charge is 1.96. The Morgan fingerprint density at radius 3 is 1.78 bits per heavy atom. The summed E-state index contributed by atoms with van der Waals surface area (Å²) in [7, 11) is 0. The van der Waals surface area contributed by atoms with E-state index < -0.39 is 0 Å². The first-order valence-electron chi connectivity index (χ1n) is 2.56. The van der Waals surface area contributed by atoms with Gasteiger partial charge in [-0.2, -0.15) is 0 Å². The van der Waals surface area contributed by atoms with Crippen molar-refractivity contribution in [2.45, 2.75) is 11.8 Å². The van der Waals surface area contributed by atoms with Gasteiger partial charge in [0.2, 0.25) is 0 Å². The Hall–Kier alpha value is -0.140. The van der Waals surface area contributed by atoms with E-state index in [9.17, 15) is 0 Å². The molecule has 0 aromatic carbocycles. The maximum atomic E-state index is 5.46. The Bertz CT molecular complexity index is 164. The molecule has 0 N–H and O–H groups in total. The van der Waals surface area contributed by atoms with Crippen molar-refractivity contribution in [2.24, 2.45) is 0 Å². The lowest BCUT2D eigenvalue weighted by Crippen LogP contribution is -1.67. The number of rotatable bonds is 2. The summed E-state index contributed by atoms with van der Waals surface area (Å²) in [6.45, 7) is 0. The second kappa shape index (κ2) is 3.14. The summed E-state index contributed by atoms with van der Waals surface area (Å²) in [5.74, 6) is 2.37. The first kappa shape index (κ1) is 6.97. The number of hydrogen-bond acceptors (Lipinski definition) is 1. The Kier molecular flexibility index (Phi) is 2.43. The van der Waals surface area contributed by atoms with Crippen LogP contribution in [0.4, 0.5) is 0 Å². The molecule has 1 aromatic heterocycles. The topological polar surface area (TPSA) is 13.1 Å². The van der Waals surface area contributed by atoms with E-state index in [0.29, 0.717) is 11.8 Å². The Labute approximate surface area is 63.6 Å². The molecule has 1 heterocycles. The first-order chi connectivity index (χ1) is 4.36. The van der Waals surface area contributed by atoms with Gasteiger partial charge in [0.1, 0.15) is 11.5 Å². The van der Waals surface area contributed by atoms with Gasteiger partial charge in [-0.1, -0.05) is 0 Å². The Morgan fingerprint density at radius 2 is 1.56 bits per heavy atom. The molecule has 0 bridgehead atoms. The minimum atomic E-state index is 0.414. The lowest BCUT2D eigenvalue weighted by molar-refractivity contribution is 0.496. The van der Waals surface area contributed by atoms with E-state index in [4.69, 9.17) is 27.6 Å². The summed E-state index contributed by atoms with van der Waals surface area (Å²) in [5.41, 5.74) is 0. The second-order valence-corrected chi connectivity index (χ2v) is 2.17. The lowest BCUT2D eigenvalue weighted by Gasteiger charge is -1.84. The molecule has 0 saturated heterocycles. The molecule has 0 aliphatic carbocycles. The predicted octanol–water partition coefficient (Wildman–Crippen LogP) is 2.76. The van der Waals surface area contributed by atoms with Crippen LogP contribution in [0.2, 0.25) is 0 Å². The van der Waals surface area contributed by atoms with Gasteiger partial charge in [-0.25, -0.2) is 0 Å². The standard InChI is InChI=1S/C6H6Cl2O/c7-3-5-1-2-6(4-8)9-5/h1-2H,3-4H2.